The first-order valence-electron chi connectivity index (χ1n) is 9.80. The Morgan fingerprint density at radius 2 is 1.93 bits per heavy atom. The fourth-order valence-electron chi connectivity index (χ4n) is 4.28. The molecule has 146 valence electrons. The lowest BCUT2D eigenvalue weighted by Gasteiger charge is -2.31. The molecule has 0 N–H and O–H groups in total. The Balaban J connectivity index is 1.94. The lowest BCUT2D eigenvalue weighted by atomic mass is 9.85. The molecular weight excluding hydrogens is 354 g/mol. The number of aromatic nitrogens is 3. The molecular formula is C22H25N3O3. The summed E-state index contributed by atoms with van der Waals surface area (Å²) in [5.41, 5.74) is 2.62. The summed E-state index contributed by atoms with van der Waals surface area (Å²) in [5.74, 6) is 0.0143. The van der Waals surface area contributed by atoms with Crippen LogP contribution in [0.5, 0.6) is 0 Å². The normalized spacial score (nSPS) is 19.7. The largest absolute Gasteiger partial charge is 0.465 e. The van der Waals surface area contributed by atoms with Crippen molar-refractivity contribution in [3.63, 3.8) is 0 Å². The van der Waals surface area contributed by atoms with Crippen LogP contribution in [-0.2, 0) is 4.74 Å². The number of benzene rings is 1. The fourth-order valence-corrected chi connectivity index (χ4v) is 4.28. The number of aryl methyl sites for hydroxylation is 1. The van der Waals surface area contributed by atoms with Crippen LogP contribution in [0.25, 0.3) is 16.9 Å². The van der Waals surface area contributed by atoms with Gasteiger partial charge in [0.15, 0.2) is 0 Å². The van der Waals surface area contributed by atoms with E-state index in [9.17, 15) is 9.59 Å². The van der Waals surface area contributed by atoms with E-state index in [-0.39, 0.29) is 11.6 Å². The number of esters is 1. The zero-order chi connectivity index (χ0) is 19.8. The number of fused-ring (bicyclic) bond motifs is 1. The molecule has 2 unspecified atom stereocenters. The number of hydrogen-bond donors (Lipinski definition) is 0. The molecule has 0 saturated heterocycles. The van der Waals surface area contributed by atoms with Crippen LogP contribution >= 0.6 is 0 Å². The van der Waals surface area contributed by atoms with Crippen molar-refractivity contribution in [3.05, 3.63) is 58.1 Å². The second kappa shape index (κ2) is 7.26. The van der Waals surface area contributed by atoms with Crippen molar-refractivity contribution in [1.29, 1.82) is 0 Å². The molecule has 0 aromatic heterocycles. The Morgan fingerprint density at radius 1 is 1.18 bits per heavy atom. The molecule has 3 aliphatic rings. The van der Waals surface area contributed by atoms with Crippen molar-refractivity contribution in [3.8, 4) is 16.9 Å². The third kappa shape index (κ3) is 3.03. The summed E-state index contributed by atoms with van der Waals surface area (Å²) >= 11 is 0. The van der Waals surface area contributed by atoms with Gasteiger partial charge in [0.2, 0.25) is 0 Å². The van der Waals surface area contributed by atoms with Gasteiger partial charge in [0.05, 0.1) is 18.4 Å². The minimum absolute atomic E-state index is 0.215. The van der Waals surface area contributed by atoms with Crippen LogP contribution in [0.15, 0.2) is 41.5 Å². The molecule has 6 heteroatoms. The van der Waals surface area contributed by atoms with E-state index in [0.29, 0.717) is 22.7 Å². The number of hydrogen-bond acceptors (Lipinski definition) is 4. The zero-order valence-corrected chi connectivity index (χ0v) is 16.5. The smallest absolute Gasteiger partial charge is 0.341 e. The van der Waals surface area contributed by atoms with Gasteiger partial charge in [-0.3, -0.25) is 4.79 Å². The third-order valence-corrected chi connectivity index (χ3v) is 5.89. The minimum Gasteiger partial charge on any atom is -0.465 e. The molecule has 6 nitrogen and oxygen atoms in total. The maximum atomic E-state index is 13.2. The number of carbonyl (C=O) groups excluding carboxylic acids is 1. The Morgan fingerprint density at radius 3 is 2.64 bits per heavy atom. The molecule has 0 amide bonds. The number of nitrogens with zero attached hydrogens (tertiary/aromatic N) is 3. The standard InChI is InChI=1S/C22H25N3O3/c1-14-8-4-6-10-18(14)24-12-16-20(17(13-24)22(27)28-3)23-25(21(16)26)19-11-7-5-9-15(19)2/h5,7,9,11-14,18H,4,6,8,10H2,1-3H3. The van der Waals surface area contributed by atoms with Gasteiger partial charge in [-0.15, -0.1) is 0 Å². The van der Waals surface area contributed by atoms with Crippen molar-refractivity contribution < 1.29 is 9.53 Å². The zero-order valence-electron chi connectivity index (χ0n) is 16.5. The predicted molar refractivity (Wildman–Crippen MR) is 107 cm³/mol. The van der Waals surface area contributed by atoms with Crippen LogP contribution in [0.3, 0.4) is 0 Å². The van der Waals surface area contributed by atoms with Crippen LogP contribution in [0.2, 0.25) is 0 Å². The van der Waals surface area contributed by atoms with E-state index in [2.05, 4.69) is 12.0 Å². The highest BCUT2D eigenvalue weighted by atomic mass is 16.5. The SMILES string of the molecule is COC(=O)c1cn(C2CCCCC2C)cc2c(=O)n(-c3ccccc3C)nc1-2. The van der Waals surface area contributed by atoms with Crippen molar-refractivity contribution in [2.24, 2.45) is 5.92 Å². The molecule has 1 aromatic rings. The summed E-state index contributed by atoms with van der Waals surface area (Å²) in [6, 6.07) is 7.86. The quantitative estimate of drug-likeness (QED) is 0.646. The highest BCUT2D eigenvalue weighted by molar-refractivity contribution is 5.96. The topological polar surface area (TPSA) is 66.1 Å². The van der Waals surface area contributed by atoms with Crippen LogP contribution < -0.4 is 5.56 Å². The fraction of sp³-hybridized carbons (Fsp3) is 0.409. The first kappa shape index (κ1) is 18.5. The maximum absolute atomic E-state index is 13.2. The van der Waals surface area contributed by atoms with E-state index in [1.54, 1.807) is 6.20 Å². The van der Waals surface area contributed by atoms with Crippen LogP contribution in [0.4, 0.5) is 0 Å². The van der Waals surface area contributed by atoms with E-state index in [4.69, 9.17) is 4.74 Å². The lowest BCUT2D eigenvalue weighted by Crippen LogP contribution is -2.23. The number of pyridine rings is 1. The Kier molecular flexibility index (Phi) is 4.79. The molecule has 1 saturated carbocycles. The second-order valence-electron chi connectivity index (χ2n) is 7.71. The number of methoxy groups -OCH3 is 1. The lowest BCUT2D eigenvalue weighted by molar-refractivity contribution is 0.0599. The monoisotopic (exact) mass is 379 g/mol. The first-order chi connectivity index (χ1) is 13.5. The van der Waals surface area contributed by atoms with Crippen LogP contribution in [0.1, 0.15) is 54.6 Å². The minimum atomic E-state index is -0.475. The highest BCUT2D eigenvalue weighted by Gasteiger charge is 2.29. The molecule has 1 aliphatic carbocycles. The summed E-state index contributed by atoms with van der Waals surface area (Å²) in [5, 5.41) is 4.51. The van der Waals surface area contributed by atoms with E-state index < -0.39 is 5.97 Å². The number of para-hydroxylation sites is 1. The number of ether oxygens (including phenoxy) is 1. The molecule has 1 aromatic carbocycles. The van der Waals surface area contributed by atoms with Crippen molar-refractivity contribution >= 4 is 5.97 Å². The average molecular weight is 379 g/mol. The van der Waals surface area contributed by atoms with E-state index in [1.807, 2.05) is 42.0 Å². The summed E-state index contributed by atoms with van der Waals surface area (Å²) in [7, 11) is 1.35. The molecule has 0 bridgehead atoms. The second-order valence-corrected chi connectivity index (χ2v) is 7.71. The van der Waals surface area contributed by atoms with Gasteiger partial charge in [0, 0.05) is 18.4 Å². The molecule has 2 aliphatic heterocycles. The van der Waals surface area contributed by atoms with Crippen LogP contribution in [-0.4, -0.2) is 27.4 Å². The average Bonchev–Trinajstić information content (AvgIpc) is 3.04. The number of rotatable bonds is 3. The highest BCUT2D eigenvalue weighted by Crippen LogP contribution is 2.35. The summed E-state index contributed by atoms with van der Waals surface area (Å²) in [6.07, 6.45) is 8.23. The first-order valence-corrected chi connectivity index (χ1v) is 9.80. The Hall–Kier alpha value is -2.89. The molecule has 0 radical (unpaired) electrons. The molecule has 0 spiro atoms. The van der Waals surface area contributed by atoms with Gasteiger partial charge in [0.1, 0.15) is 11.3 Å². The molecule has 2 heterocycles. The number of carbonyl (C=O) groups is 1. The Labute approximate surface area is 164 Å². The van der Waals surface area contributed by atoms with Gasteiger partial charge in [-0.25, -0.2) is 4.79 Å². The van der Waals surface area contributed by atoms with Gasteiger partial charge in [0.25, 0.3) is 5.56 Å². The van der Waals surface area contributed by atoms with E-state index in [0.717, 1.165) is 30.5 Å². The van der Waals surface area contributed by atoms with Crippen LogP contribution in [0, 0.1) is 12.8 Å². The van der Waals surface area contributed by atoms with Crippen molar-refractivity contribution in [2.45, 2.75) is 45.6 Å². The van der Waals surface area contributed by atoms with Gasteiger partial charge in [-0.05, 0) is 37.3 Å². The maximum Gasteiger partial charge on any atom is 0.341 e. The van der Waals surface area contributed by atoms with Crippen molar-refractivity contribution in [1.82, 2.24) is 14.3 Å². The summed E-state index contributed by atoms with van der Waals surface area (Å²) < 4.78 is 8.41. The van der Waals surface area contributed by atoms with Gasteiger partial charge in [-0.1, -0.05) is 38.0 Å². The molecule has 1 fully saturated rings. The third-order valence-electron chi connectivity index (χ3n) is 5.89. The molecule has 28 heavy (non-hydrogen) atoms. The van der Waals surface area contributed by atoms with Gasteiger partial charge >= 0.3 is 5.97 Å². The Bertz CT molecular complexity index is 1050. The molecule has 4 rings (SSSR count). The predicted octanol–water partition coefficient (Wildman–Crippen LogP) is 3.99. The summed E-state index contributed by atoms with van der Waals surface area (Å²) in [4.78, 5) is 25.7. The van der Waals surface area contributed by atoms with Gasteiger partial charge < -0.3 is 9.30 Å². The summed E-state index contributed by atoms with van der Waals surface area (Å²) in [6.45, 7) is 4.17. The van der Waals surface area contributed by atoms with Crippen molar-refractivity contribution in [2.75, 3.05) is 7.11 Å². The van der Waals surface area contributed by atoms with E-state index in [1.165, 1.54) is 18.2 Å². The molecule has 2 atom stereocenters. The van der Waals surface area contributed by atoms with Gasteiger partial charge in [-0.2, -0.15) is 9.78 Å². The van der Waals surface area contributed by atoms with E-state index >= 15 is 0 Å².